The Bertz CT molecular complexity index is 1390. The number of imidazole rings is 1. The van der Waals surface area contributed by atoms with E-state index in [0.29, 0.717) is 24.6 Å². The summed E-state index contributed by atoms with van der Waals surface area (Å²) >= 11 is 6.51. The number of carbonyl (C=O) groups is 2. The van der Waals surface area contributed by atoms with E-state index in [0.717, 1.165) is 52.8 Å². The molecule has 1 aliphatic carbocycles. The predicted molar refractivity (Wildman–Crippen MR) is 155 cm³/mol. The van der Waals surface area contributed by atoms with Crippen LogP contribution in [0.15, 0.2) is 42.5 Å². The molecule has 2 amide bonds. The summed E-state index contributed by atoms with van der Waals surface area (Å²) in [4.78, 5) is 34.9. The first-order valence-electron chi connectivity index (χ1n) is 14.0. The van der Waals surface area contributed by atoms with Crippen LogP contribution >= 0.6 is 11.6 Å². The van der Waals surface area contributed by atoms with Crippen molar-refractivity contribution in [2.45, 2.75) is 57.9 Å². The largest absolute Gasteiger partial charge is 0.380 e. The fraction of sp³-hybridized carbons (Fsp3) is 0.452. The molecule has 7 nitrogen and oxygen atoms in total. The molecule has 1 aliphatic heterocycles. The van der Waals surface area contributed by atoms with Crippen LogP contribution in [0.2, 0.25) is 5.02 Å². The van der Waals surface area contributed by atoms with Gasteiger partial charge in [0, 0.05) is 18.2 Å². The molecule has 2 heterocycles. The standard InChI is InChI=1S/C31H37ClN4O3/c1-4-33-29(37)28(20-8-7-9-20)36-30(38)31(14-15-39-18-31)21-12-13-25-26(16-21)35-27(34-25)17-23(19(2)3)22-10-5-6-11-24(22)32/h5-6,10-13,16-17,19-20,28H,4,7-9,14-15,18H2,1-3H3,(H,33,37)(H,34,35)(H,36,38)/b23-17+. The topological polar surface area (TPSA) is 96.1 Å². The summed E-state index contributed by atoms with van der Waals surface area (Å²) in [6, 6.07) is 13.2. The number of amides is 2. The normalized spacial score (nSPS) is 20.7. The molecule has 5 rings (SSSR count). The number of benzene rings is 2. The Balaban J connectivity index is 1.46. The lowest BCUT2D eigenvalue weighted by atomic mass is 9.76. The minimum Gasteiger partial charge on any atom is -0.380 e. The molecule has 8 heteroatoms. The van der Waals surface area contributed by atoms with Gasteiger partial charge in [-0.15, -0.1) is 0 Å². The number of ether oxygens (including phenoxy) is 1. The van der Waals surface area contributed by atoms with E-state index in [9.17, 15) is 9.59 Å². The molecular formula is C31H37ClN4O3. The SMILES string of the molecule is CCNC(=O)C(NC(=O)C1(c2ccc3nc(/C=C(/c4ccccc4Cl)C(C)C)[nH]c3c2)CCOC1)C1CCC1. The average molecular weight is 549 g/mol. The fourth-order valence-corrected chi connectivity index (χ4v) is 5.88. The van der Waals surface area contributed by atoms with Gasteiger partial charge in [-0.25, -0.2) is 4.98 Å². The maximum Gasteiger partial charge on any atom is 0.242 e. The number of aromatic amines is 1. The van der Waals surface area contributed by atoms with Gasteiger partial charge in [0.15, 0.2) is 0 Å². The number of allylic oxidation sites excluding steroid dienone is 1. The molecule has 0 bridgehead atoms. The lowest BCUT2D eigenvalue weighted by Gasteiger charge is -2.36. The zero-order valence-corrected chi connectivity index (χ0v) is 23.6. The number of aromatic nitrogens is 2. The number of nitrogens with one attached hydrogen (secondary N) is 3. The van der Waals surface area contributed by atoms with E-state index in [2.05, 4.69) is 29.5 Å². The lowest BCUT2D eigenvalue weighted by molar-refractivity contribution is -0.134. The monoisotopic (exact) mass is 548 g/mol. The second-order valence-electron chi connectivity index (χ2n) is 11.0. The molecule has 206 valence electrons. The van der Waals surface area contributed by atoms with Gasteiger partial charge in [0.25, 0.3) is 0 Å². The van der Waals surface area contributed by atoms with E-state index in [1.165, 1.54) is 0 Å². The molecule has 1 aromatic heterocycles. The highest BCUT2D eigenvalue weighted by molar-refractivity contribution is 6.32. The van der Waals surface area contributed by atoms with Crippen molar-refractivity contribution in [2.24, 2.45) is 11.8 Å². The van der Waals surface area contributed by atoms with Crippen LogP contribution in [0.3, 0.4) is 0 Å². The Kier molecular flexibility index (Phi) is 8.10. The van der Waals surface area contributed by atoms with Crippen molar-refractivity contribution in [2.75, 3.05) is 19.8 Å². The van der Waals surface area contributed by atoms with E-state index in [-0.39, 0.29) is 30.3 Å². The van der Waals surface area contributed by atoms with Gasteiger partial charge in [-0.05, 0) is 79.0 Å². The Morgan fingerprint density at radius 2 is 2.03 bits per heavy atom. The third-order valence-electron chi connectivity index (χ3n) is 8.15. The summed E-state index contributed by atoms with van der Waals surface area (Å²) in [6.07, 6.45) is 5.60. The first-order chi connectivity index (χ1) is 18.8. The van der Waals surface area contributed by atoms with Crippen molar-refractivity contribution in [1.82, 2.24) is 20.6 Å². The quantitative estimate of drug-likeness (QED) is 0.329. The highest BCUT2D eigenvalue weighted by Gasteiger charge is 2.46. The average Bonchev–Trinajstić information content (AvgIpc) is 3.53. The summed E-state index contributed by atoms with van der Waals surface area (Å²) in [5.41, 5.74) is 3.75. The molecule has 2 fully saturated rings. The summed E-state index contributed by atoms with van der Waals surface area (Å²) < 4.78 is 5.77. The van der Waals surface area contributed by atoms with Crippen LogP contribution in [0.4, 0.5) is 0 Å². The molecule has 2 aliphatic rings. The van der Waals surface area contributed by atoms with Crippen molar-refractivity contribution in [3.05, 3.63) is 64.4 Å². The van der Waals surface area contributed by atoms with E-state index in [1.807, 2.05) is 55.5 Å². The molecule has 3 N–H and O–H groups in total. The van der Waals surface area contributed by atoms with Crippen molar-refractivity contribution in [3.63, 3.8) is 0 Å². The summed E-state index contributed by atoms with van der Waals surface area (Å²) in [5, 5.41) is 6.72. The third-order valence-corrected chi connectivity index (χ3v) is 8.48. The Morgan fingerprint density at radius 3 is 2.67 bits per heavy atom. The van der Waals surface area contributed by atoms with Crippen molar-refractivity contribution in [1.29, 1.82) is 0 Å². The van der Waals surface area contributed by atoms with E-state index >= 15 is 0 Å². The molecule has 0 radical (unpaired) electrons. The maximum atomic E-state index is 13.9. The number of hydrogen-bond donors (Lipinski definition) is 3. The number of rotatable bonds is 9. The number of carbonyl (C=O) groups excluding carboxylic acids is 2. The Labute approximate surface area is 234 Å². The second kappa shape index (κ2) is 11.5. The Hall–Kier alpha value is -3.16. The number of halogens is 1. The van der Waals surface area contributed by atoms with E-state index in [1.54, 1.807) is 0 Å². The number of likely N-dealkylation sites (N-methyl/N-ethyl adjacent to an activating group) is 1. The third kappa shape index (κ3) is 5.48. The molecule has 2 unspecified atom stereocenters. The number of H-pyrrole nitrogens is 1. The van der Waals surface area contributed by atoms with Crippen LogP contribution in [0, 0.1) is 11.8 Å². The zero-order valence-electron chi connectivity index (χ0n) is 22.9. The Morgan fingerprint density at radius 1 is 1.23 bits per heavy atom. The smallest absolute Gasteiger partial charge is 0.242 e. The van der Waals surface area contributed by atoms with Crippen LogP contribution in [0.5, 0.6) is 0 Å². The highest BCUT2D eigenvalue weighted by Crippen LogP contribution is 2.37. The molecule has 1 saturated heterocycles. The minimum absolute atomic E-state index is 0.107. The van der Waals surface area contributed by atoms with Crippen LogP contribution in [-0.4, -0.2) is 47.6 Å². The van der Waals surface area contributed by atoms with Crippen molar-refractivity contribution in [3.8, 4) is 0 Å². The molecule has 0 spiro atoms. The number of nitrogens with zero attached hydrogens (tertiary/aromatic N) is 1. The fourth-order valence-electron chi connectivity index (χ4n) is 5.63. The number of hydrogen-bond acceptors (Lipinski definition) is 4. The van der Waals surface area contributed by atoms with Crippen LogP contribution in [-0.2, 0) is 19.7 Å². The summed E-state index contributed by atoms with van der Waals surface area (Å²) in [5.74, 6) is 0.892. The van der Waals surface area contributed by atoms with Gasteiger partial charge in [0.05, 0.1) is 23.1 Å². The van der Waals surface area contributed by atoms with Gasteiger partial charge in [0.1, 0.15) is 11.9 Å². The van der Waals surface area contributed by atoms with Crippen molar-refractivity contribution < 1.29 is 14.3 Å². The molecule has 39 heavy (non-hydrogen) atoms. The van der Waals surface area contributed by atoms with Crippen molar-refractivity contribution >= 4 is 46.1 Å². The van der Waals surface area contributed by atoms with Crippen LogP contribution in [0.25, 0.3) is 22.7 Å². The molecule has 2 atom stereocenters. The van der Waals surface area contributed by atoms with E-state index in [4.69, 9.17) is 21.3 Å². The molecule has 3 aromatic rings. The van der Waals surface area contributed by atoms with Gasteiger partial charge in [-0.1, -0.05) is 56.1 Å². The highest BCUT2D eigenvalue weighted by atomic mass is 35.5. The van der Waals surface area contributed by atoms with Gasteiger partial charge >= 0.3 is 0 Å². The van der Waals surface area contributed by atoms with Crippen LogP contribution in [0.1, 0.15) is 63.4 Å². The number of fused-ring (bicyclic) bond motifs is 1. The van der Waals surface area contributed by atoms with Gasteiger partial charge in [-0.3, -0.25) is 9.59 Å². The zero-order chi connectivity index (χ0) is 27.6. The molecular weight excluding hydrogens is 512 g/mol. The van der Waals surface area contributed by atoms with Gasteiger partial charge < -0.3 is 20.4 Å². The van der Waals surface area contributed by atoms with Gasteiger partial charge in [-0.2, -0.15) is 0 Å². The maximum absolute atomic E-state index is 13.9. The lowest BCUT2D eigenvalue weighted by Crippen LogP contribution is -2.57. The first kappa shape index (κ1) is 27.4. The predicted octanol–water partition coefficient (Wildman–Crippen LogP) is 5.49. The minimum atomic E-state index is -0.857. The molecule has 2 aromatic carbocycles. The second-order valence-corrected chi connectivity index (χ2v) is 11.4. The van der Waals surface area contributed by atoms with Gasteiger partial charge in [0.2, 0.25) is 11.8 Å². The molecule has 1 saturated carbocycles. The first-order valence-corrected chi connectivity index (χ1v) is 14.3. The van der Waals surface area contributed by atoms with E-state index < -0.39 is 11.5 Å². The summed E-state index contributed by atoms with van der Waals surface area (Å²) in [7, 11) is 0. The van der Waals surface area contributed by atoms with Crippen LogP contribution < -0.4 is 10.6 Å². The summed E-state index contributed by atoms with van der Waals surface area (Å²) in [6.45, 7) is 7.47.